The van der Waals surface area contributed by atoms with Gasteiger partial charge < -0.3 is 10.3 Å². The summed E-state index contributed by atoms with van der Waals surface area (Å²) in [5, 5.41) is 8.42. The molecule has 1 fully saturated rings. The second-order valence-corrected chi connectivity index (χ2v) is 5.60. The Hall–Kier alpha value is -0.900. The normalized spacial score (nSPS) is 19.1. The summed E-state index contributed by atoms with van der Waals surface area (Å²) in [5.74, 6) is 2.11. The minimum atomic E-state index is 0.359. The van der Waals surface area contributed by atoms with Crippen molar-refractivity contribution >= 4 is 0 Å². The molecule has 1 heterocycles. The molecule has 4 nitrogen and oxygen atoms in total. The number of hydrogen-bond acceptors (Lipinski definition) is 3. The Morgan fingerprint density at radius 1 is 1.41 bits per heavy atom. The molecule has 1 aliphatic rings. The van der Waals surface area contributed by atoms with E-state index in [-0.39, 0.29) is 0 Å². The van der Waals surface area contributed by atoms with E-state index in [0.29, 0.717) is 24.4 Å². The molecule has 17 heavy (non-hydrogen) atoms. The molecule has 0 aromatic carbocycles. The van der Waals surface area contributed by atoms with Crippen molar-refractivity contribution in [1.82, 2.24) is 14.8 Å². The first-order chi connectivity index (χ1) is 8.22. The molecule has 1 aromatic heterocycles. The van der Waals surface area contributed by atoms with Gasteiger partial charge in [0, 0.05) is 18.5 Å². The zero-order chi connectivity index (χ0) is 12.3. The second kappa shape index (κ2) is 5.63. The number of rotatable bonds is 5. The van der Waals surface area contributed by atoms with Crippen LogP contribution in [-0.2, 0) is 0 Å². The molecule has 1 unspecified atom stereocenters. The molecule has 1 aliphatic carbocycles. The van der Waals surface area contributed by atoms with Crippen molar-refractivity contribution in [2.75, 3.05) is 6.54 Å². The minimum absolute atomic E-state index is 0.359. The lowest BCUT2D eigenvalue weighted by molar-refractivity contribution is 0.434. The number of hydrogen-bond donors (Lipinski definition) is 1. The molecule has 0 bridgehead atoms. The van der Waals surface area contributed by atoms with Gasteiger partial charge in [0.05, 0.1) is 0 Å². The maximum atomic E-state index is 5.90. The van der Waals surface area contributed by atoms with E-state index in [0.717, 1.165) is 12.2 Å². The molecule has 2 N–H and O–H groups in total. The van der Waals surface area contributed by atoms with Crippen LogP contribution in [0.15, 0.2) is 6.33 Å². The Labute approximate surface area is 104 Å². The molecular formula is C13H24N4. The van der Waals surface area contributed by atoms with Gasteiger partial charge in [-0.1, -0.05) is 26.7 Å². The summed E-state index contributed by atoms with van der Waals surface area (Å²) < 4.78 is 2.28. The highest BCUT2D eigenvalue weighted by atomic mass is 15.3. The van der Waals surface area contributed by atoms with Gasteiger partial charge in [-0.15, -0.1) is 10.2 Å². The summed E-state index contributed by atoms with van der Waals surface area (Å²) in [4.78, 5) is 0. The third-order valence-corrected chi connectivity index (χ3v) is 3.72. The van der Waals surface area contributed by atoms with Crippen LogP contribution in [0, 0.1) is 5.92 Å². The van der Waals surface area contributed by atoms with Crippen molar-refractivity contribution in [2.45, 2.75) is 57.9 Å². The van der Waals surface area contributed by atoms with Crippen LogP contribution in [0.25, 0.3) is 0 Å². The molecular weight excluding hydrogens is 212 g/mol. The van der Waals surface area contributed by atoms with E-state index in [4.69, 9.17) is 5.73 Å². The maximum absolute atomic E-state index is 5.90. The van der Waals surface area contributed by atoms with E-state index in [9.17, 15) is 0 Å². The highest BCUT2D eigenvalue weighted by molar-refractivity contribution is 5.00. The quantitative estimate of drug-likeness (QED) is 0.854. The Kier molecular flexibility index (Phi) is 4.15. The summed E-state index contributed by atoms with van der Waals surface area (Å²) in [6, 6.07) is 0.612. The number of aromatic nitrogens is 3. The lowest BCUT2D eigenvalue weighted by Crippen LogP contribution is -2.20. The van der Waals surface area contributed by atoms with Crippen molar-refractivity contribution in [3.8, 4) is 0 Å². The lowest BCUT2D eigenvalue weighted by Gasteiger charge is -2.20. The van der Waals surface area contributed by atoms with Crippen LogP contribution in [0.2, 0.25) is 0 Å². The zero-order valence-electron chi connectivity index (χ0n) is 11.0. The van der Waals surface area contributed by atoms with E-state index in [1.54, 1.807) is 0 Å². The molecule has 4 heteroatoms. The fourth-order valence-electron chi connectivity index (χ4n) is 2.88. The molecule has 2 rings (SSSR count). The fourth-order valence-corrected chi connectivity index (χ4v) is 2.88. The van der Waals surface area contributed by atoms with Gasteiger partial charge in [-0.3, -0.25) is 0 Å². The summed E-state index contributed by atoms with van der Waals surface area (Å²) >= 11 is 0. The smallest absolute Gasteiger partial charge is 0.137 e. The summed E-state index contributed by atoms with van der Waals surface area (Å²) in [6.45, 7) is 5.14. The van der Waals surface area contributed by atoms with Crippen molar-refractivity contribution < 1.29 is 0 Å². The monoisotopic (exact) mass is 236 g/mol. The third kappa shape index (κ3) is 2.86. The van der Waals surface area contributed by atoms with Crippen LogP contribution in [-0.4, -0.2) is 21.3 Å². The predicted octanol–water partition coefficient (Wildman–Crippen LogP) is 2.48. The Balaban J connectivity index is 2.15. The highest BCUT2D eigenvalue weighted by Gasteiger charge is 2.24. The van der Waals surface area contributed by atoms with Gasteiger partial charge in [0.25, 0.3) is 0 Å². The van der Waals surface area contributed by atoms with Crippen molar-refractivity contribution in [3.63, 3.8) is 0 Å². The molecule has 1 saturated carbocycles. The molecule has 1 aromatic rings. The number of nitrogens with zero attached hydrogens (tertiary/aromatic N) is 3. The molecule has 0 saturated heterocycles. The standard InChI is InChI=1S/C13H24N4/c1-10(2)7-11(8-14)13-16-15-9-17(13)12-5-3-4-6-12/h9-12H,3-8,14H2,1-2H3. The van der Waals surface area contributed by atoms with Gasteiger partial charge in [-0.2, -0.15) is 0 Å². The Morgan fingerprint density at radius 3 is 2.71 bits per heavy atom. The average molecular weight is 236 g/mol. The molecule has 0 aliphatic heterocycles. The van der Waals surface area contributed by atoms with Crippen LogP contribution in [0.3, 0.4) is 0 Å². The first kappa shape index (κ1) is 12.6. The number of nitrogens with two attached hydrogens (primary N) is 1. The Bertz CT molecular complexity index is 339. The first-order valence-electron chi connectivity index (χ1n) is 6.81. The topological polar surface area (TPSA) is 56.7 Å². The molecule has 0 spiro atoms. The van der Waals surface area contributed by atoms with Crippen LogP contribution >= 0.6 is 0 Å². The molecule has 0 amide bonds. The largest absolute Gasteiger partial charge is 0.330 e. The lowest BCUT2D eigenvalue weighted by atomic mass is 9.96. The van der Waals surface area contributed by atoms with Crippen LogP contribution < -0.4 is 5.73 Å². The van der Waals surface area contributed by atoms with E-state index in [1.165, 1.54) is 25.7 Å². The van der Waals surface area contributed by atoms with E-state index in [1.807, 2.05) is 6.33 Å². The predicted molar refractivity (Wildman–Crippen MR) is 68.8 cm³/mol. The van der Waals surface area contributed by atoms with Crippen molar-refractivity contribution in [3.05, 3.63) is 12.2 Å². The van der Waals surface area contributed by atoms with Gasteiger partial charge in [-0.25, -0.2) is 0 Å². The first-order valence-corrected chi connectivity index (χ1v) is 6.81. The van der Waals surface area contributed by atoms with E-state index in [2.05, 4.69) is 28.6 Å². The van der Waals surface area contributed by atoms with Crippen LogP contribution in [0.4, 0.5) is 0 Å². The van der Waals surface area contributed by atoms with Crippen LogP contribution in [0.1, 0.15) is 63.7 Å². The molecule has 96 valence electrons. The van der Waals surface area contributed by atoms with Crippen LogP contribution in [0.5, 0.6) is 0 Å². The minimum Gasteiger partial charge on any atom is -0.330 e. The maximum Gasteiger partial charge on any atom is 0.137 e. The third-order valence-electron chi connectivity index (χ3n) is 3.72. The van der Waals surface area contributed by atoms with Gasteiger partial charge in [0.2, 0.25) is 0 Å². The van der Waals surface area contributed by atoms with Gasteiger partial charge >= 0.3 is 0 Å². The van der Waals surface area contributed by atoms with E-state index < -0.39 is 0 Å². The zero-order valence-corrected chi connectivity index (χ0v) is 11.0. The fraction of sp³-hybridized carbons (Fsp3) is 0.846. The van der Waals surface area contributed by atoms with E-state index >= 15 is 0 Å². The van der Waals surface area contributed by atoms with Gasteiger partial charge in [0.15, 0.2) is 0 Å². The molecule has 0 radical (unpaired) electrons. The van der Waals surface area contributed by atoms with Crippen molar-refractivity contribution in [1.29, 1.82) is 0 Å². The van der Waals surface area contributed by atoms with Crippen molar-refractivity contribution in [2.24, 2.45) is 11.7 Å². The Morgan fingerprint density at radius 2 is 2.12 bits per heavy atom. The average Bonchev–Trinajstić information content (AvgIpc) is 2.94. The summed E-state index contributed by atoms with van der Waals surface area (Å²) in [6.07, 6.45) is 8.20. The van der Waals surface area contributed by atoms with Gasteiger partial charge in [-0.05, 0) is 25.2 Å². The SMILES string of the molecule is CC(C)CC(CN)c1nncn1C1CCCC1. The second-order valence-electron chi connectivity index (χ2n) is 5.60. The summed E-state index contributed by atoms with van der Waals surface area (Å²) in [5.41, 5.74) is 5.90. The molecule has 1 atom stereocenters. The van der Waals surface area contributed by atoms with Gasteiger partial charge in [0.1, 0.15) is 12.2 Å². The summed E-state index contributed by atoms with van der Waals surface area (Å²) in [7, 11) is 0. The highest BCUT2D eigenvalue weighted by Crippen LogP contribution is 2.32.